The average molecular weight is 830 g/mol. The minimum atomic E-state index is -0.438. The number of aryl methyl sites for hydroxylation is 1. The second-order valence-electron chi connectivity index (χ2n) is 14.2. The highest BCUT2D eigenvalue weighted by Gasteiger charge is 2.17. The Kier molecular flexibility index (Phi) is 14.6. The van der Waals surface area contributed by atoms with Crippen molar-refractivity contribution in [3.05, 3.63) is 108 Å². The predicted molar refractivity (Wildman–Crippen MR) is 234 cm³/mol. The van der Waals surface area contributed by atoms with E-state index in [0.717, 1.165) is 61.1 Å². The van der Waals surface area contributed by atoms with E-state index in [1.165, 1.54) is 0 Å². The number of urea groups is 1. The molecule has 3 heterocycles. The summed E-state index contributed by atoms with van der Waals surface area (Å²) in [6.07, 6.45) is 4.34. The van der Waals surface area contributed by atoms with Gasteiger partial charge in [0.2, 0.25) is 11.8 Å². The fraction of sp³-hybridized carbons (Fsp3) is 0.311. The van der Waals surface area contributed by atoms with E-state index in [1.807, 2.05) is 54.6 Å². The Morgan fingerprint density at radius 2 is 1.72 bits per heavy atom. The fourth-order valence-electron chi connectivity index (χ4n) is 6.76. The van der Waals surface area contributed by atoms with Crippen LogP contribution in [0.15, 0.2) is 97.2 Å². The topological polar surface area (TPSA) is 175 Å². The molecular weight excluding hydrogens is 779 g/mol. The summed E-state index contributed by atoms with van der Waals surface area (Å²) in [5.41, 5.74) is 3.19. The molecule has 0 radical (unpaired) electrons. The van der Waals surface area contributed by atoms with Gasteiger partial charge >= 0.3 is 6.03 Å². The number of morpholine rings is 1. The van der Waals surface area contributed by atoms with Gasteiger partial charge in [-0.1, -0.05) is 43.7 Å². The first-order valence-corrected chi connectivity index (χ1v) is 20.3. The van der Waals surface area contributed by atoms with Gasteiger partial charge < -0.3 is 39.6 Å². The first-order chi connectivity index (χ1) is 29.9. The molecule has 1 aliphatic rings. The van der Waals surface area contributed by atoms with Crippen LogP contribution in [0, 0.1) is 0 Å². The first kappa shape index (κ1) is 42.4. The summed E-state index contributed by atoms with van der Waals surface area (Å²) in [6.45, 7) is 7.36. The number of nitrogens with zero attached hydrogens (tertiary/aromatic N) is 5. The van der Waals surface area contributed by atoms with Crippen LogP contribution in [0.2, 0.25) is 0 Å². The van der Waals surface area contributed by atoms with Gasteiger partial charge in [0.25, 0.3) is 5.91 Å². The molecule has 6 aromatic rings. The van der Waals surface area contributed by atoms with Crippen molar-refractivity contribution in [3.63, 3.8) is 0 Å². The maximum Gasteiger partial charge on any atom is 0.324 e. The number of benzene rings is 4. The van der Waals surface area contributed by atoms with Gasteiger partial charge in [-0.05, 0) is 49.2 Å². The van der Waals surface area contributed by atoms with Gasteiger partial charge in [-0.3, -0.25) is 15.0 Å². The lowest BCUT2D eigenvalue weighted by molar-refractivity contribution is 0.0383. The number of nitrogens with one attached hydrogen (secondary N) is 4. The van der Waals surface area contributed by atoms with Gasteiger partial charge in [0.05, 0.1) is 44.0 Å². The van der Waals surface area contributed by atoms with Crippen molar-refractivity contribution in [2.24, 2.45) is 0 Å². The minimum Gasteiger partial charge on any atom is -0.497 e. The van der Waals surface area contributed by atoms with E-state index in [2.05, 4.69) is 43.1 Å². The van der Waals surface area contributed by atoms with Crippen LogP contribution < -0.4 is 35.5 Å². The smallest absolute Gasteiger partial charge is 0.324 e. The molecule has 4 N–H and O–H groups in total. The van der Waals surface area contributed by atoms with E-state index in [0.29, 0.717) is 73.0 Å². The summed E-state index contributed by atoms with van der Waals surface area (Å²) in [4.78, 5) is 38.0. The molecule has 7 rings (SSSR count). The number of unbranched alkanes of at least 4 members (excludes halogenated alkanes) is 1. The fourth-order valence-corrected chi connectivity index (χ4v) is 6.76. The SMILES string of the molecule is CCCCc1cc(NC(=O)Nc2ccc(Oc3ccnc(Nc4cc(OC)cc(C(=O)NCCN5CCOCC5)c4)n3)c3ccccc23)n(-c2cccc(OCCOC)c2)n1. The Labute approximate surface area is 354 Å². The molecule has 1 fully saturated rings. The van der Waals surface area contributed by atoms with Crippen LogP contribution in [0.5, 0.6) is 23.1 Å². The predicted octanol–water partition coefficient (Wildman–Crippen LogP) is 7.43. The number of rotatable bonds is 19. The molecule has 0 bridgehead atoms. The number of fused-ring (bicyclic) bond motifs is 1. The second-order valence-corrected chi connectivity index (χ2v) is 14.2. The molecule has 0 unspecified atom stereocenters. The van der Waals surface area contributed by atoms with Gasteiger partial charge in [-0.25, -0.2) is 14.5 Å². The summed E-state index contributed by atoms with van der Waals surface area (Å²) in [6, 6.07) is 27.0. The van der Waals surface area contributed by atoms with Crippen molar-refractivity contribution in [2.75, 3.05) is 82.8 Å². The molecule has 4 aromatic carbocycles. The Bertz CT molecular complexity index is 2420. The zero-order valence-electron chi connectivity index (χ0n) is 34.6. The molecule has 1 saturated heterocycles. The standard InChI is InChI=1S/C45H51N9O7/c1-4-5-9-32-29-41(54(52-32)34-10-8-11-35(30-34)60-25-24-57-2)50-45(56)49-39-14-15-40(38-13-7-6-12-37(38)39)61-42-16-17-47-44(51-42)48-33-26-31(27-36(28-33)58-3)43(55)46-18-19-53-20-22-59-23-21-53/h6-8,10-17,26-30H,4-5,9,18-25H2,1-3H3,(H,46,55)(H,47,48,51)(H2,49,50,56). The molecule has 0 atom stereocenters. The molecule has 0 aliphatic carbocycles. The molecule has 16 nitrogen and oxygen atoms in total. The summed E-state index contributed by atoms with van der Waals surface area (Å²) in [7, 11) is 3.17. The summed E-state index contributed by atoms with van der Waals surface area (Å²) < 4.78 is 29.9. The Morgan fingerprint density at radius 1 is 0.869 bits per heavy atom. The number of carbonyl (C=O) groups excluding carboxylic acids is 2. The van der Waals surface area contributed by atoms with E-state index in [-0.39, 0.29) is 17.7 Å². The van der Waals surface area contributed by atoms with Gasteiger partial charge in [0.1, 0.15) is 29.7 Å². The molecule has 1 aliphatic heterocycles. The zero-order valence-corrected chi connectivity index (χ0v) is 34.6. The minimum absolute atomic E-state index is 0.218. The van der Waals surface area contributed by atoms with Crippen LogP contribution >= 0.6 is 0 Å². The molecule has 2 aromatic heterocycles. The van der Waals surface area contributed by atoms with Crippen molar-refractivity contribution >= 4 is 45.9 Å². The average Bonchev–Trinajstić information content (AvgIpc) is 3.69. The molecular formula is C45H51N9O7. The number of ether oxygens (including phenoxy) is 5. The molecule has 61 heavy (non-hydrogen) atoms. The van der Waals surface area contributed by atoms with Crippen LogP contribution in [0.1, 0.15) is 35.8 Å². The van der Waals surface area contributed by atoms with E-state index < -0.39 is 6.03 Å². The second kappa shape index (κ2) is 21.0. The van der Waals surface area contributed by atoms with Gasteiger partial charge in [0, 0.05) is 85.8 Å². The van der Waals surface area contributed by atoms with E-state index in [4.69, 9.17) is 28.8 Å². The van der Waals surface area contributed by atoms with E-state index in [9.17, 15) is 9.59 Å². The van der Waals surface area contributed by atoms with Gasteiger partial charge in [0.15, 0.2) is 0 Å². The largest absolute Gasteiger partial charge is 0.497 e. The molecule has 3 amide bonds. The number of methoxy groups -OCH3 is 2. The van der Waals surface area contributed by atoms with Crippen LogP contribution in [-0.4, -0.2) is 103 Å². The van der Waals surface area contributed by atoms with Crippen molar-refractivity contribution in [2.45, 2.75) is 26.2 Å². The maximum atomic E-state index is 13.6. The van der Waals surface area contributed by atoms with E-state index in [1.54, 1.807) is 61.5 Å². The van der Waals surface area contributed by atoms with Crippen LogP contribution in [0.3, 0.4) is 0 Å². The third-order valence-corrected chi connectivity index (χ3v) is 9.86. The van der Waals surface area contributed by atoms with Crippen molar-refractivity contribution in [3.8, 4) is 28.8 Å². The van der Waals surface area contributed by atoms with Crippen LogP contribution in [-0.2, 0) is 15.9 Å². The number of aromatic nitrogens is 4. The Morgan fingerprint density at radius 3 is 2.54 bits per heavy atom. The quantitative estimate of drug-likeness (QED) is 0.0595. The number of hydrogen-bond donors (Lipinski definition) is 4. The van der Waals surface area contributed by atoms with Gasteiger partial charge in [-0.2, -0.15) is 10.1 Å². The van der Waals surface area contributed by atoms with Gasteiger partial charge in [-0.15, -0.1) is 0 Å². The lowest BCUT2D eigenvalue weighted by atomic mass is 10.1. The highest BCUT2D eigenvalue weighted by molar-refractivity contribution is 6.07. The summed E-state index contributed by atoms with van der Waals surface area (Å²) in [5, 5.41) is 18.5. The maximum absolute atomic E-state index is 13.6. The number of anilines is 4. The van der Waals surface area contributed by atoms with E-state index >= 15 is 0 Å². The lowest BCUT2D eigenvalue weighted by Gasteiger charge is -2.26. The van der Waals surface area contributed by atoms with Crippen LogP contribution in [0.4, 0.5) is 27.9 Å². The number of carbonyl (C=O) groups is 2. The third kappa shape index (κ3) is 11.5. The number of amides is 3. The third-order valence-electron chi connectivity index (χ3n) is 9.86. The molecule has 0 spiro atoms. The Hall–Kier alpha value is -6.75. The van der Waals surface area contributed by atoms with Crippen molar-refractivity contribution in [1.82, 2.24) is 30.0 Å². The van der Waals surface area contributed by atoms with Crippen molar-refractivity contribution < 1.29 is 33.3 Å². The number of hydrogen-bond acceptors (Lipinski definition) is 12. The zero-order chi connectivity index (χ0) is 42.4. The highest BCUT2D eigenvalue weighted by Crippen LogP contribution is 2.35. The first-order valence-electron chi connectivity index (χ1n) is 20.3. The van der Waals surface area contributed by atoms with Crippen LogP contribution in [0.25, 0.3) is 16.5 Å². The highest BCUT2D eigenvalue weighted by atomic mass is 16.5. The normalized spacial score (nSPS) is 12.8. The molecule has 0 saturated carbocycles. The monoisotopic (exact) mass is 829 g/mol. The van der Waals surface area contributed by atoms with Crippen molar-refractivity contribution in [1.29, 1.82) is 0 Å². The molecule has 16 heteroatoms. The Balaban J connectivity index is 1.04. The molecule has 318 valence electrons. The lowest BCUT2D eigenvalue weighted by Crippen LogP contribution is -2.41. The summed E-state index contributed by atoms with van der Waals surface area (Å²) in [5.74, 6) is 2.53. The summed E-state index contributed by atoms with van der Waals surface area (Å²) >= 11 is 0.